The molecule has 2 rings (SSSR count). The Labute approximate surface area is 103 Å². The van der Waals surface area contributed by atoms with Crippen molar-refractivity contribution in [3.63, 3.8) is 0 Å². The van der Waals surface area contributed by atoms with E-state index in [1.807, 2.05) is 4.90 Å². The van der Waals surface area contributed by atoms with E-state index in [9.17, 15) is 13.2 Å². The van der Waals surface area contributed by atoms with Crippen LogP contribution in [0.4, 0.5) is 18.9 Å². The largest absolute Gasteiger partial charge is 0.573 e. The van der Waals surface area contributed by atoms with Gasteiger partial charge in [0.15, 0.2) is 5.75 Å². The number of alkyl halides is 3. The first-order valence-electron chi connectivity index (χ1n) is 5.81. The van der Waals surface area contributed by atoms with E-state index in [0.717, 1.165) is 12.8 Å². The summed E-state index contributed by atoms with van der Waals surface area (Å²) in [6, 6.07) is 6.16. The van der Waals surface area contributed by atoms with Gasteiger partial charge in [-0.05, 0) is 25.0 Å². The highest BCUT2D eigenvalue weighted by atomic mass is 19.4. The minimum atomic E-state index is -4.67. The van der Waals surface area contributed by atoms with Gasteiger partial charge in [-0.3, -0.25) is 0 Å². The number of nitrogens with two attached hydrogens (primary N) is 1. The molecule has 1 aliphatic rings. The van der Waals surface area contributed by atoms with Crippen LogP contribution in [-0.2, 0) is 0 Å². The maximum Gasteiger partial charge on any atom is 0.573 e. The molecule has 2 N–H and O–H groups in total. The summed E-state index contributed by atoms with van der Waals surface area (Å²) in [4.78, 5) is 1.84. The molecule has 1 aromatic rings. The van der Waals surface area contributed by atoms with Crippen molar-refractivity contribution >= 4 is 5.69 Å². The number of hydrogen-bond donors (Lipinski definition) is 1. The Morgan fingerprint density at radius 3 is 2.67 bits per heavy atom. The second-order valence-electron chi connectivity index (χ2n) is 4.36. The number of rotatable bonds is 2. The summed E-state index contributed by atoms with van der Waals surface area (Å²) in [5.41, 5.74) is 6.28. The van der Waals surface area contributed by atoms with Crippen LogP contribution in [0, 0.1) is 0 Å². The quantitative estimate of drug-likeness (QED) is 0.888. The minimum absolute atomic E-state index is 0.00214. The van der Waals surface area contributed by atoms with E-state index >= 15 is 0 Å². The zero-order chi connectivity index (χ0) is 13.2. The number of nitrogens with zero attached hydrogens (tertiary/aromatic N) is 1. The molecular weight excluding hydrogens is 245 g/mol. The average molecular weight is 260 g/mol. The Morgan fingerprint density at radius 2 is 2.00 bits per heavy atom. The molecule has 1 saturated heterocycles. The molecule has 0 bridgehead atoms. The molecule has 3 nitrogen and oxygen atoms in total. The summed E-state index contributed by atoms with van der Waals surface area (Å²) in [6.07, 6.45) is -2.89. The van der Waals surface area contributed by atoms with E-state index in [-0.39, 0.29) is 11.8 Å². The number of halogens is 3. The van der Waals surface area contributed by atoms with Crippen molar-refractivity contribution in [3.05, 3.63) is 24.3 Å². The van der Waals surface area contributed by atoms with Crippen LogP contribution in [0.25, 0.3) is 0 Å². The summed E-state index contributed by atoms with van der Waals surface area (Å²) >= 11 is 0. The van der Waals surface area contributed by atoms with Gasteiger partial charge < -0.3 is 15.4 Å². The molecule has 0 spiro atoms. The predicted octanol–water partition coefficient (Wildman–Crippen LogP) is 2.51. The number of anilines is 1. The van der Waals surface area contributed by atoms with Crippen molar-refractivity contribution in [1.82, 2.24) is 0 Å². The van der Waals surface area contributed by atoms with Gasteiger partial charge in [-0.2, -0.15) is 0 Å². The normalized spacial score (nSPS) is 20.9. The van der Waals surface area contributed by atoms with Gasteiger partial charge in [0.05, 0.1) is 5.69 Å². The van der Waals surface area contributed by atoms with Crippen LogP contribution in [0.1, 0.15) is 12.8 Å². The average Bonchev–Trinajstić information content (AvgIpc) is 2.27. The number of ether oxygens (including phenoxy) is 1. The molecule has 1 fully saturated rings. The lowest BCUT2D eigenvalue weighted by molar-refractivity contribution is -0.274. The fourth-order valence-corrected chi connectivity index (χ4v) is 2.16. The lowest BCUT2D eigenvalue weighted by atomic mass is 10.1. The van der Waals surface area contributed by atoms with Crippen molar-refractivity contribution in [2.24, 2.45) is 5.73 Å². The van der Waals surface area contributed by atoms with Gasteiger partial charge in [0, 0.05) is 19.1 Å². The highest BCUT2D eigenvalue weighted by Gasteiger charge is 2.33. The zero-order valence-corrected chi connectivity index (χ0v) is 9.78. The van der Waals surface area contributed by atoms with E-state index in [0.29, 0.717) is 18.8 Å². The van der Waals surface area contributed by atoms with Gasteiger partial charge in [0.25, 0.3) is 0 Å². The summed E-state index contributed by atoms with van der Waals surface area (Å²) < 4.78 is 40.9. The van der Waals surface area contributed by atoms with E-state index < -0.39 is 6.36 Å². The summed E-state index contributed by atoms with van der Waals surface area (Å²) in [7, 11) is 0. The maximum atomic E-state index is 12.3. The third-order valence-electron chi connectivity index (χ3n) is 2.89. The summed E-state index contributed by atoms with van der Waals surface area (Å²) in [5, 5.41) is 0. The van der Waals surface area contributed by atoms with Crippen LogP contribution >= 0.6 is 0 Å². The van der Waals surface area contributed by atoms with Crippen molar-refractivity contribution in [1.29, 1.82) is 0 Å². The molecule has 0 aliphatic carbocycles. The number of para-hydroxylation sites is 2. The van der Waals surface area contributed by atoms with Crippen LogP contribution < -0.4 is 15.4 Å². The smallest absolute Gasteiger partial charge is 0.404 e. The highest BCUT2D eigenvalue weighted by Crippen LogP contribution is 2.33. The standard InChI is InChI=1S/C12H15F3N2O/c13-12(14,15)18-11-6-2-1-5-10(11)17-7-3-4-9(16)8-17/h1-2,5-6,9H,3-4,7-8,16H2. The molecule has 1 heterocycles. The Kier molecular flexibility index (Phi) is 3.65. The number of hydrogen-bond acceptors (Lipinski definition) is 3. The number of piperidine rings is 1. The van der Waals surface area contributed by atoms with E-state index in [1.165, 1.54) is 12.1 Å². The highest BCUT2D eigenvalue weighted by molar-refractivity contribution is 5.58. The van der Waals surface area contributed by atoms with Crippen molar-refractivity contribution in [2.45, 2.75) is 25.2 Å². The molecule has 18 heavy (non-hydrogen) atoms. The molecular formula is C12H15F3N2O. The van der Waals surface area contributed by atoms with Gasteiger partial charge in [-0.25, -0.2) is 0 Å². The second kappa shape index (κ2) is 5.06. The van der Waals surface area contributed by atoms with E-state index in [1.54, 1.807) is 12.1 Å². The van der Waals surface area contributed by atoms with Gasteiger partial charge >= 0.3 is 6.36 Å². The van der Waals surface area contributed by atoms with Crippen molar-refractivity contribution in [2.75, 3.05) is 18.0 Å². The van der Waals surface area contributed by atoms with E-state index in [2.05, 4.69) is 4.74 Å². The van der Waals surface area contributed by atoms with Crippen molar-refractivity contribution in [3.8, 4) is 5.75 Å². The molecule has 1 aliphatic heterocycles. The molecule has 0 radical (unpaired) electrons. The summed E-state index contributed by atoms with van der Waals surface area (Å²) in [6.45, 7) is 1.25. The molecule has 6 heteroatoms. The van der Waals surface area contributed by atoms with Crippen molar-refractivity contribution < 1.29 is 17.9 Å². The van der Waals surface area contributed by atoms with Crippen LogP contribution in [-0.4, -0.2) is 25.5 Å². The fraction of sp³-hybridized carbons (Fsp3) is 0.500. The SMILES string of the molecule is NC1CCCN(c2ccccc2OC(F)(F)F)C1. The Morgan fingerprint density at radius 1 is 1.28 bits per heavy atom. The monoisotopic (exact) mass is 260 g/mol. The fourth-order valence-electron chi connectivity index (χ4n) is 2.16. The topological polar surface area (TPSA) is 38.5 Å². The van der Waals surface area contributed by atoms with E-state index in [4.69, 9.17) is 5.73 Å². The molecule has 0 aromatic heterocycles. The maximum absolute atomic E-state index is 12.3. The second-order valence-corrected chi connectivity index (χ2v) is 4.36. The van der Waals surface area contributed by atoms with Gasteiger partial charge in [0.1, 0.15) is 0 Å². The first-order valence-corrected chi connectivity index (χ1v) is 5.81. The molecule has 1 atom stereocenters. The number of benzene rings is 1. The predicted molar refractivity (Wildman–Crippen MR) is 62.5 cm³/mol. The first kappa shape index (κ1) is 13.0. The van der Waals surface area contributed by atoms with Gasteiger partial charge in [-0.15, -0.1) is 13.2 Å². The third-order valence-corrected chi connectivity index (χ3v) is 2.89. The van der Waals surface area contributed by atoms with Crippen LogP contribution in [0.15, 0.2) is 24.3 Å². The van der Waals surface area contributed by atoms with Gasteiger partial charge in [0.2, 0.25) is 0 Å². The lowest BCUT2D eigenvalue weighted by Crippen LogP contribution is -2.43. The zero-order valence-electron chi connectivity index (χ0n) is 9.78. The molecule has 1 unspecified atom stereocenters. The van der Waals surface area contributed by atoms with Gasteiger partial charge in [-0.1, -0.05) is 12.1 Å². The summed E-state index contributed by atoms with van der Waals surface area (Å²) in [5.74, 6) is -0.167. The lowest BCUT2D eigenvalue weighted by Gasteiger charge is -2.33. The Hall–Kier alpha value is -1.43. The molecule has 100 valence electrons. The molecule has 0 saturated carbocycles. The minimum Gasteiger partial charge on any atom is -0.404 e. The van der Waals surface area contributed by atoms with Crippen LogP contribution in [0.5, 0.6) is 5.75 Å². The van der Waals surface area contributed by atoms with Crippen LogP contribution in [0.3, 0.4) is 0 Å². The third kappa shape index (κ3) is 3.29. The first-order chi connectivity index (χ1) is 8.46. The molecule has 1 aromatic carbocycles. The molecule has 0 amide bonds. The Balaban J connectivity index is 2.21. The Bertz CT molecular complexity index is 409. The van der Waals surface area contributed by atoms with Crippen LogP contribution in [0.2, 0.25) is 0 Å².